The van der Waals surface area contributed by atoms with E-state index in [-0.39, 0.29) is 35.8 Å². The summed E-state index contributed by atoms with van der Waals surface area (Å²) in [5, 5.41) is 12.2. The van der Waals surface area contributed by atoms with Crippen molar-refractivity contribution < 1.29 is 9.90 Å². The van der Waals surface area contributed by atoms with Crippen LogP contribution in [0.2, 0.25) is 0 Å². The lowest BCUT2D eigenvalue weighted by atomic mass is 9.86. The van der Waals surface area contributed by atoms with Crippen LogP contribution in [0.5, 0.6) is 0 Å². The van der Waals surface area contributed by atoms with E-state index in [2.05, 4.69) is 5.32 Å². The molecule has 0 aliphatic heterocycles. The largest absolute Gasteiger partial charge is 0.395 e. The highest BCUT2D eigenvalue weighted by Crippen LogP contribution is 2.23. The molecule has 2 atom stereocenters. The molecule has 0 bridgehead atoms. The monoisotopic (exact) mass is 260 g/mol. The number of carbonyl (C=O) groups excluding carboxylic acids is 1. The van der Waals surface area contributed by atoms with E-state index >= 15 is 0 Å². The summed E-state index contributed by atoms with van der Waals surface area (Å²) in [7, 11) is 0. The van der Waals surface area contributed by atoms with E-state index in [4.69, 9.17) is 10.8 Å². The van der Waals surface area contributed by atoms with E-state index in [9.17, 15) is 4.79 Å². The van der Waals surface area contributed by atoms with Crippen LogP contribution in [0.15, 0.2) is 0 Å². The second-order valence-electron chi connectivity index (χ2n) is 4.87. The fourth-order valence-electron chi connectivity index (χ4n) is 2.25. The zero-order valence-corrected chi connectivity index (χ0v) is 11.5. The molecule has 17 heavy (non-hydrogen) atoms. The van der Waals surface area contributed by atoms with Gasteiger partial charge in [-0.15, -0.1) is 0 Å². The first-order valence-electron chi connectivity index (χ1n) is 6.28. The maximum Gasteiger partial charge on any atom is 0.223 e. The fourth-order valence-corrected chi connectivity index (χ4v) is 2.88. The van der Waals surface area contributed by atoms with E-state index in [1.54, 1.807) is 11.8 Å². The third-order valence-corrected chi connectivity index (χ3v) is 4.72. The van der Waals surface area contributed by atoms with Crippen molar-refractivity contribution in [3.8, 4) is 0 Å². The number of carbonyl (C=O) groups is 1. The zero-order chi connectivity index (χ0) is 12.8. The molecular formula is C12H24N2O2S. The molecule has 0 saturated heterocycles. The Bertz CT molecular complexity index is 239. The maximum atomic E-state index is 12.0. The van der Waals surface area contributed by atoms with Crippen LogP contribution >= 0.6 is 11.8 Å². The molecular weight excluding hydrogens is 236 g/mol. The molecule has 1 fully saturated rings. The Morgan fingerprint density at radius 3 is 2.53 bits per heavy atom. The third-order valence-electron chi connectivity index (χ3n) is 3.55. The minimum Gasteiger partial charge on any atom is -0.395 e. The Morgan fingerprint density at radius 2 is 2.06 bits per heavy atom. The minimum atomic E-state index is 0.0121. The molecule has 0 aromatic carbocycles. The number of nitrogens with one attached hydrogen (secondary N) is 1. The fraction of sp³-hybridized carbons (Fsp3) is 0.917. The van der Waals surface area contributed by atoms with Crippen molar-refractivity contribution in [2.75, 3.05) is 12.9 Å². The molecule has 1 aliphatic rings. The van der Waals surface area contributed by atoms with Gasteiger partial charge >= 0.3 is 0 Å². The molecule has 2 unspecified atom stereocenters. The van der Waals surface area contributed by atoms with Crippen molar-refractivity contribution in [1.82, 2.24) is 5.32 Å². The molecule has 0 aromatic heterocycles. The number of rotatable bonds is 5. The zero-order valence-electron chi connectivity index (χ0n) is 10.7. The number of hydrogen-bond acceptors (Lipinski definition) is 4. The molecule has 0 spiro atoms. The number of thioether (sulfide) groups is 1. The molecule has 4 nitrogen and oxygen atoms in total. The molecule has 1 rings (SSSR count). The second-order valence-corrected chi connectivity index (χ2v) is 5.94. The van der Waals surface area contributed by atoms with Crippen LogP contribution in [0, 0.1) is 5.92 Å². The van der Waals surface area contributed by atoms with E-state index < -0.39 is 0 Å². The topological polar surface area (TPSA) is 75.3 Å². The van der Waals surface area contributed by atoms with Gasteiger partial charge in [0, 0.05) is 23.3 Å². The van der Waals surface area contributed by atoms with Gasteiger partial charge in [0.15, 0.2) is 0 Å². The van der Waals surface area contributed by atoms with E-state index in [1.165, 1.54) is 0 Å². The van der Waals surface area contributed by atoms with Gasteiger partial charge in [0.1, 0.15) is 0 Å². The van der Waals surface area contributed by atoms with Gasteiger partial charge in [0.25, 0.3) is 0 Å². The molecule has 100 valence electrons. The van der Waals surface area contributed by atoms with Crippen molar-refractivity contribution >= 4 is 17.7 Å². The maximum absolute atomic E-state index is 12.0. The molecule has 0 aromatic rings. The van der Waals surface area contributed by atoms with Gasteiger partial charge in [-0.05, 0) is 38.9 Å². The normalized spacial score (nSPS) is 28.5. The van der Waals surface area contributed by atoms with Crippen molar-refractivity contribution in [1.29, 1.82) is 0 Å². The highest BCUT2D eigenvalue weighted by atomic mass is 32.2. The minimum absolute atomic E-state index is 0.0121. The van der Waals surface area contributed by atoms with Gasteiger partial charge in [-0.2, -0.15) is 11.8 Å². The summed E-state index contributed by atoms with van der Waals surface area (Å²) in [5.41, 5.74) is 5.82. The summed E-state index contributed by atoms with van der Waals surface area (Å²) >= 11 is 1.58. The first-order chi connectivity index (χ1) is 8.08. The highest BCUT2D eigenvalue weighted by molar-refractivity contribution is 7.99. The van der Waals surface area contributed by atoms with Crippen molar-refractivity contribution in [3.63, 3.8) is 0 Å². The summed E-state index contributed by atoms with van der Waals surface area (Å²) in [4.78, 5) is 12.0. The molecule has 1 amide bonds. The van der Waals surface area contributed by atoms with Crippen molar-refractivity contribution in [2.24, 2.45) is 11.7 Å². The van der Waals surface area contributed by atoms with Gasteiger partial charge in [-0.3, -0.25) is 4.79 Å². The number of hydrogen-bond donors (Lipinski definition) is 3. The van der Waals surface area contributed by atoms with Crippen LogP contribution in [0.4, 0.5) is 0 Å². The Kier molecular flexibility index (Phi) is 6.30. The lowest BCUT2D eigenvalue weighted by molar-refractivity contribution is -0.126. The summed E-state index contributed by atoms with van der Waals surface area (Å²) in [6, 6.07) is 0.283. The van der Waals surface area contributed by atoms with Gasteiger partial charge in [-0.1, -0.05) is 0 Å². The van der Waals surface area contributed by atoms with Crippen LogP contribution in [-0.4, -0.2) is 41.2 Å². The molecule has 1 aliphatic carbocycles. The standard InChI is InChI=1S/C12H24N2O2S/c1-8(11(7-15)17-2)14-12(16)9-3-5-10(13)6-4-9/h8-11,15H,3-7,13H2,1-2H3,(H,14,16). The number of amides is 1. The first-order valence-corrected chi connectivity index (χ1v) is 7.56. The highest BCUT2D eigenvalue weighted by Gasteiger charge is 2.26. The third kappa shape index (κ3) is 4.48. The molecule has 1 saturated carbocycles. The van der Waals surface area contributed by atoms with E-state index in [1.807, 2.05) is 13.2 Å². The molecule has 0 radical (unpaired) electrons. The van der Waals surface area contributed by atoms with Crippen LogP contribution in [0.3, 0.4) is 0 Å². The quantitative estimate of drug-likeness (QED) is 0.681. The number of aliphatic hydroxyl groups excluding tert-OH is 1. The smallest absolute Gasteiger partial charge is 0.223 e. The SMILES string of the molecule is CSC(CO)C(C)NC(=O)C1CCC(N)CC1. The Balaban J connectivity index is 2.38. The van der Waals surface area contributed by atoms with E-state index in [0.717, 1.165) is 25.7 Å². The Labute approximate surface area is 108 Å². The summed E-state index contributed by atoms with van der Waals surface area (Å²) in [5.74, 6) is 0.232. The van der Waals surface area contributed by atoms with Crippen molar-refractivity contribution in [3.05, 3.63) is 0 Å². The number of nitrogens with two attached hydrogens (primary N) is 1. The summed E-state index contributed by atoms with van der Waals surface area (Å²) in [6.45, 7) is 2.04. The summed E-state index contributed by atoms with van der Waals surface area (Å²) in [6.07, 6.45) is 5.62. The van der Waals surface area contributed by atoms with Crippen molar-refractivity contribution in [2.45, 2.75) is 49.9 Å². The lowest BCUT2D eigenvalue weighted by Gasteiger charge is -2.28. The molecule has 5 heteroatoms. The van der Waals surface area contributed by atoms with Crippen LogP contribution < -0.4 is 11.1 Å². The van der Waals surface area contributed by atoms with Gasteiger partial charge in [0.2, 0.25) is 5.91 Å². The lowest BCUT2D eigenvalue weighted by Crippen LogP contribution is -2.45. The Morgan fingerprint density at radius 1 is 1.47 bits per heavy atom. The van der Waals surface area contributed by atoms with Crippen LogP contribution in [0.25, 0.3) is 0 Å². The predicted octanol–water partition coefficient (Wildman–Crippen LogP) is 0.732. The van der Waals surface area contributed by atoms with Crippen LogP contribution in [-0.2, 0) is 4.79 Å². The summed E-state index contributed by atoms with van der Waals surface area (Å²) < 4.78 is 0. The average Bonchev–Trinajstić information content (AvgIpc) is 2.31. The van der Waals surface area contributed by atoms with Gasteiger partial charge in [-0.25, -0.2) is 0 Å². The van der Waals surface area contributed by atoms with Gasteiger partial charge in [0.05, 0.1) is 6.61 Å². The predicted molar refractivity (Wildman–Crippen MR) is 71.9 cm³/mol. The first kappa shape index (κ1) is 14.8. The molecule has 4 N–H and O–H groups in total. The van der Waals surface area contributed by atoms with E-state index in [0.29, 0.717) is 0 Å². The Hall–Kier alpha value is -0.260. The average molecular weight is 260 g/mol. The molecule has 0 heterocycles. The van der Waals surface area contributed by atoms with Gasteiger partial charge < -0.3 is 16.2 Å². The number of aliphatic hydroxyl groups is 1. The van der Waals surface area contributed by atoms with Crippen LogP contribution in [0.1, 0.15) is 32.6 Å². The second kappa shape index (κ2) is 7.24.